The number of rotatable bonds is 5. The zero-order valence-electron chi connectivity index (χ0n) is 10.1. The van der Waals surface area contributed by atoms with Crippen molar-refractivity contribution in [1.29, 1.82) is 0 Å². The fourth-order valence-corrected chi connectivity index (χ4v) is 1.75. The quantitative estimate of drug-likeness (QED) is 0.800. The summed E-state index contributed by atoms with van der Waals surface area (Å²) in [6.45, 7) is 2.95. The van der Waals surface area contributed by atoms with Gasteiger partial charge in [-0.05, 0) is 25.8 Å². The zero-order valence-corrected chi connectivity index (χ0v) is 10.1. The highest BCUT2D eigenvalue weighted by molar-refractivity contribution is 5.51. The third-order valence-corrected chi connectivity index (χ3v) is 2.96. The van der Waals surface area contributed by atoms with E-state index in [4.69, 9.17) is 20.9 Å². The molecule has 1 aliphatic carbocycles. The molecule has 0 aromatic carbocycles. The number of anilines is 1. The Kier molecular flexibility index (Phi) is 3.81. The number of nitrogen functional groups attached to an aromatic ring is 1. The maximum absolute atomic E-state index is 5.84. The molecule has 5 heteroatoms. The van der Waals surface area contributed by atoms with E-state index in [9.17, 15) is 0 Å². The fraction of sp³-hybridized carbons (Fsp3) is 0.583. The van der Waals surface area contributed by atoms with Crippen LogP contribution in [0.4, 0.5) is 5.69 Å². The first-order chi connectivity index (χ1) is 8.20. The Morgan fingerprint density at radius 3 is 2.82 bits per heavy atom. The monoisotopic (exact) mass is 237 g/mol. The van der Waals surface area contributed by atoms with Crippen LogP contribution in [0, 0.1) is 0 Å². The van der Waals surface area contributed by atoms with Gasteiger partial charge in [0, 0.05) is 6.04 Å². The highest BCUT2D eigenvalue weighted by Gasteiger charge is 2.28. The molecule has 2 atom stereocenters. The van der Waals surface area contributed by atoms with Gasteiger partial charge in [-0.1, -0.05) is 0 Å². The third-order valence-electron chi connectivity index (χ3n) is 2.96. The molecule has 0 aliphatic heterocycles. The number of nitrogens with zero attached hydrogens (tertiary/aromatic N) is 1. The number of nitrogens with two attached hydrogens (primary N) is 2. The van der Waals surface area contributed by atoms with Crippen LogP contribution in [0.2, 0.25) is 0 Å². The molecule has 0 bridgehead atoms. The van der Waals surface area contributed by atoms with E-state index in [1.54, 1.807) is 12.3 Å². The summed E-state index contributed by atoms with van der Waals surface area (Å²) in [4.78, 5) is 4.24. The van der Waals surface area contributed by atoms with E-state index in [1.165, 1.54) is 0 Å². The van der Waals surface area contributed by atoms with E-state index in [0.29, 0.717) is 24.7 Å². The lowest BCUT2D eigenvalue weighted by molar-refractivity contribution is -0.0258. The van der Waals surface area contributed by atoms with Gasteiger partial charge in [-0.2, -0.15) is 0 Å². The SMILES string of the molecule is CCOc1cnc(CO[C@@H]2CC[C@H]2N)cc1N. The molecule has 0 spiro atoms. The second kappa shape index (κ2) is 5.33. The number of pyridine rings is 1. The highest BCUT2D eigenvalue weighted by atomic mass is 16.5. The predicted molar refractivity (Wildman–Crippen MR) is 65.6 cm³/mol. The van der Waals surface area contributed by atoms with E-state index in [0.717, 1.165) is 18.5 Å². The summed E-state index contributed by atoms with van der Waals surface area (Å²) in [7, 11) is 0. The minimum Gasteiger partial charge on any atom is -0.490 e. The van der Waals surface area contributed by atoms with E-state index in [2.05, 4.69) is 4.98 Å². The maximum atomic E-state index is 5.84. The van der Waals surface area contributed by atoms with Crippen molar-refractivity contribution in [1.82, 2.24) is 4.98 Å². The molecule has 1 fully saturated rings. The van der Waals surface area contributed by atoms with Crippen molar-refractivity contribution in [3.05, 3.63) is 18.0 Å². The zero-order chi connectivity index (χ0) is 12.3. The molecule has 94 valence electrons. The molecule has 1 heterocycles. The van der Waals surface area contributed by atoms with Crippen LogP contribution in [0.3, 0.4) is 0 Å². The van der Waals surface area contributed by atoms with E-state index in [-0.39, 0.29) is 12.1 Å². The van der Waals surface area contributed by atoms with Crippen LogP contribution in [0.25, 0.3) is 0 Å². The summed E-state index contributed by atoms with van der Waals surface area (Å²) in [5, 5.41) is 0. The van der Waals surface area contributed by atoms with Crippen LogP contribution in [0.5, 0.6) is 5.75 Å². The molecule has 17 heavy (non-hydrogen) atoms. The van der Waals surface area contributed by atoms with Gasteiger partial charge in [0.1, 0.15) is 0 Å². The lowest BCUT2D eigenvalue weighted by Crippen LogP contribution is -2.45. The largest absolute Gasteiger partial charge is 0.490 e. The Morgan fingerprint density at radius 1 is 1.47 bits per heavy atom. The fourth-order valence-electron chi connectivity index (χ4n) is 1.75. The van der Waals surface area contributed by atoms with Gasteiger partial charge in [-0.25, -0.2) is 0 Å². The third kappa shape index (κ3) is 2.87. The van der Waals surface area contributed by atoms with Gasteiger partial charge in [0.15, 0.2) is 5.75 Å². The summed E-state index contributed by atoms with van der Waals surface area (Å²) in [5.41, 5.74) is 13.0. The molecule has 5 nitrogen and oxygen atoms in total. The molecule has 0 unspecified atom stereocenters. The Hall–Kier alpha value is -1.33. The van der Waals surface area contributed by atoms with Crippen LogP contribution < -0.4 is 16.2 Å². The van der Waals surface area contributed by atoms with Crippen LogP contribution in [0.1, 0.15) is 25.5 Å². The molecule has 4 N–H and O–H groups in total. The Balaban J connectivity index is 1.90. The topological polar surface area (TPSA) is 83.4 Å². The highest BCUT2D eigenvalue weighted by Crippen LogP contribution is 2.24. The molecular formula is C12H19N3O2. The smallest absolute Gasteiger partial charge is 0.160 e. The van der Waals surface area contributed by atoms with Crippen molar-refractivity contribution in [2.45, 2.75) is 38.5 Å². The lowest BCUT2D eigenvalue weighted by Gasteiger charge is -2.33. The number of ether oxygens (including phenoxy) is 2. The molecule has 0 amide bonds. The summed E-state index contributed by atoms with van der Waals surface area (Å²) in [5.74, 6) is 0.622. The average molecular weight is 237 g/mol. The Bertz CT molecular complexity index is 384. The molecule has 1 saturated carbocycles. The van der Waals surface area contributed by atoms with Gasteiger partial charge in [0.05, 0.1) is 36.9 Å². The van der Waals surface area contributed by atoms with Crippen molar-refractivity contribution in [3.63, 3.8) is 0 Å². The first-order valence-electron chi connectivity index (χ1n) is 5.95. The van der Waals surface area contributed by atoms with Gasteiger partial charge >= 0.3 is 0 Å². The molecule has 2 rings (SSSR count). The van der Waals surface area contributed by atoms with Crippen LogP contribution in [0.15, 0.2) is 12.3 Å². The van der Waals surface area contributed by atoms with E-state index >= 15 is 0 Å². The van der Waals surface area contributed by atoms with Crippen molar-refractivity contribution in [2.75, 3.05) is 12.3 Å². The maximum Gasteiger partial charge on any atom is 0.160 e. The summed E-state index contributed by atoms with van der Waals surface area (Å²) < 4.78 is 11.0. The first kappa shape index (κ1) is 12.1. The number of hydrogen-bond acceptors (Lipinski definition) is 5. The van der Waals surface area contributed by atoms with Crippen molar-refractivity contribution in [2.24, 2.45) is 5.73 Å². The average Bonchev–Trinajstić information content (AvgIpc) is 2.31. The molecule has 1 aromatic heterocycles. The minimum atomic E-state index is 0.171. The second-order valence-corrected chi connectivity index (χ2v) is 4.24. The standard InChI is InChI=1S/C12H19N3O2/c1-2-16-12-6-15-8(5-10(12)14)7-17-11-4-3-9(11)13/h5-6,9,11H,2-4,7,13H2,1H3,(H2,14,15)/t9-,11-/m1/s1. The summed E-state index contributed by atoms with van der Waals surface area (Å²) in [6, 6.07) is 1.96. The van der Waals surface area contributed by atoms with Gasteiger partial charge in [-0.3, -0.25) is 4.98 Å². The van der Waals surface area contributed by atoms with Gasteiger partial charge < -0.3 is 20.9 Å². The van der Waals surface area contributed by atoms with Crippen molar-refractivity contribution < 1.29 is 9.47 Å². The van der Waals surface area contributed by atoms with Crippen LogP contribution in [-0.2, 0) is 11.3 Å². The van der Waals surface area contributed by atoms with Gasteiger partial charge in [-0.15, -0.1) is 0 Å². The van der Waals surface area contributed by atoms with Crippen molar-refractivity contribution >= 4 is 5.69 Å². The number of hydrogen-bond donors (Lipinski definition) is 2. The molecular weight excluding hydrogens is 218 g/mol. The van der Waals surface area contributed by atoms with Crippen molar-refractivity contribution in [3.8, 4) is 5.75 Å². The summed E-state index contributed by atoms with van der Waals surface area (Å²) >= 11 is 0. The molecule has 1 aliphatic rings. The normalized spacial score (nSPS) is 23.2. The van der Waals surface area contributed by atoms with Gasteiger partial charge in [0.25, 0.3) is 0 Å². The second-order valence-electron chi connectivity index (χ2n) is 4.24. The summed E-state index contributed by atoms with van der Waals surface area (Å²) in [6.07, 6.45) is 3.89. The number of aromatic nitrogens is 1. The van der Waals surface area contributed by atoms with E-state index < -0.39 is 0 Å². The Labute approximate surface area is 101 Å². The Morgan fingerprint density at radius 2 is 2.29 bits per heavy atom. The molecule has 0 saturated heterocycles. The molecule has 1 aromatic rings. The van der Waals surface area contributed by atoms with Crippen LogP contribution >= 0.6 is 0 Å². The minimum absolute atomic E-state index is 0.171. The predicted octanol–water partition coefficient (Wildman–Crippen LogP) is 1.07. The lowest BCUT2D eigenvalue weighted by atomic mass is 9.90. The van der Waals surface area contributed by atoms with Crippen LogP contribution in [-0.4, -0.2) is 23.7 Å². The molecule has 0 radical (unpaired) electrons. The van der Waals surface area contributed by atoms with E-state index in [1.807, 2.05) is 6.92 Å². The van der Waals surface area contributed by atoms with Gasteiger partial charge in [0.2, 0.25) is 0 Å². The first-order valence-corrected chi connectivity index (χ1v) is 5.95.